The summed E-state index contributed by atoms with van der Waals surface area (Å²) < 4.78 is 5.88. The average molecular weight is 276 g/mol. The van der Waals surface area contributed by atoms with Gasteiger partial charge in [0.25, 0.3) is 0 Å². The van der Waals surface area contributed by atoms with E-state index in [4.69, 9.17) is 4.74 Å². The summed E-state index contributed by atoms with van der Waals surface area (Å²) in [6.07, 6.45) is 6.26. The molecule has 2 aliphatic rings. The molecule has 2 aliphatic heterocycles. The predicted molar refractivity (Wildman–Crippen MR) is 66.5 cm³/mol. The highest BCUT2D eigenvalue weighted by molar-refractivity contribution is 9.09. The summed E-state index contributed by atoms with van der Waals surface area (Å²) in [5, 5.41) is 1.16. The van der Waals surface area contributed by atoms with Crippen molar-refractivity contribution < 1.29 is 4.74 Å². The number of hydrogen-bond donors (Lipinski definition) is 0. The smallest absolute Gasteiger partial charge is 0.0706 e. The lowest BCUT2D eigenvalue weighted by Crippen LogP contribution is -2.40. The molecule has 0 N–H and O–H groups in total. The molecular formula is C12H22BrNO. The molecule has 0 amide bonds. The van der Waals surface area contributed by atoms with Crippen LogP contribution >= 0.6 is 15.9 Å². The molecule has 0 spiro atoms. The Balaban J connectivity index is 1.74. The van der Waals surface area contributed by atoms with Crippen LogP contribution in [0.5, 0.6) is 0 Å². The van der Waals surface area contributed by atoms with Gasteiger partial charge in [-0.1, -0.05) is 15.9 Å². The monoisotopic (exact) mass is 275 g/mol. The van der Waals surface area contributed by atoms with Crippen molar-refractivity contribution in [1.29, 1.82) is 0 Å². The van der Waals surface area contributed by atoms with E-state index in [0.29, 0.717) is 12.2 Å². The number of piperidine rings is 1. The molecule has 2 saturated heterocycles. The lowest BCUT2D eigenvalue weighted by Gasteiger charge is -2.33. The quantitative estimate of drug-likeness (QED) is 0.735. The summed E-state index contributed by atoms with van der Waals surface area (Å²) in [4.78, 5) is 2.60. The number of nitrogens with zero attached hydrogens (tertiary/aromatic N) is 1. The summed E-state index contributed by atoms with van der Waals surface area (Å²) in [6.45, 7) is 5.89. The minimum atomic E-state index is 0.492. The van der Waals surface area contributed by atoms with Crippen molar-refractivity contribution in [3.05, 3.63) is 0 Å². The zero-order valence-electron chi connectivity index (χ0n) is 9.62. The Morgan fingerprint density at radius 3 is 2.87 bits per heavy atom. The fourth-order valence-corrected chi connectivity index (χ4v) is 3.28. The van der Waals surface area contributed by atoms with Gasteiger partial charge in [0.2, 0.25) is 0 Å². The maximum absolute atomic E-state index is 5.88. The van der Waals surface area contributed by atoms with E-state index >= 15 is 0 Å². The van der Waals surface area contributed by atoms with E-state index < -0.39 is 0 Å². The second-order valence-electron chi connectivity index (χ2n) is 5.07. The number of hydrogen-bond acceptors (Lipinski definition) is 2. The van der Waals surface area contributed by atoms with Gasteiger partial charge in [0, 0.05) is 18.4 Å². The molecule has 2 rings (SSSR count). The normalized spacial score (nSPS) is 38.4. The van der Waals surface area contributed by atoms with E-state index in [9.17, 15) is 0 Å². The molecule has 0 saturated carbocycles. The van der Waals surface area contributed by atoms with Gasteiger partial charge in [0.1, 0.15) is 0 Å². The van der Waals surface area contributed by atoms with Crippen molar-refractivity contribution >= 4 is 15.9 Å². The molecule has 0 aromatic rings. The molecule has 0 bridgehead atoms. The van der Waals surface area contributed by atoms with Crippen LogP contribution in [-0.2, 0) is 4.74 Å². The van der Waals surface area contributed by atoms with E-state index in [-0.39, 0.29) is 0 Å². The molecule has 3 atom stereocenters. The molecule has 88 valence electrons. The maximum Gasteiger partial charge on any atom is 0.0706 e. The first-order valence-corrected chi connectivity index (χ1v) is 7.34. The molecule has 3 heteroatoms. The SMILES string of the molecule is CC1CCC(CN2CCCC(CBr)C2)O1. The van der Waals surface area contributed by atoms with Crippen LogP contribution in [0.3, 0.4) is 0 Å². The van der Waals surface area contributed by atoms with Gasteiger partial charge in [0.05, 0.1) is 12.2 Å². The summed E-state index contributed by atoms with van der Waals surface area (Å²) >= 11 is 3.60. The zero-order chi connectivity index (χ0) is 10.7. The van der Waals surface area contributed by atoms with Crippen LogP contribution in [0.25, 0.3) is 0 Å². The van der Waals surface area contributed by atoms with Gasteiger partial charge in [-0.2, -0.15) is 0 Å². The second-order valence-corrected chi connectivity index (χ2v) is 5.72. The summed E-state index contributed by atoms with van der Waals surface area (Å²) in [7, 11) is 0. The van der Waals surface area contributed by atoms with Crippen molar-refractivity contribution in [2.24, 2.45) is 5.92 Å². The van der Waals surface area contributed by atoms with Crippen molar-refractivity contribution in [1.82, 2.24) is 4.90 Å². The fraction of sp³-hybridized carbons (Fsp3) is 1.00. The minimum Gasteiger partial charge on any atom is -0.374 e. The van der Waals surface area contributed by atoms with Gasteiger partial charge in [-0.05, 0) is 45.1 Å². The molecule has 2 fully saturated rings. The van der Waals surface area contributed by atoms with Crippen LogP contribution in [0.4, 0.5) is 0 Å². The molecular weight excluding hydrogens is 254 g/mol. The van der Waals surface area contributed by atoms with Crippen LogP contribution < -0.4 is 0 Å². The fourth-order valence-electron chi connectivity index (χ4n) is 2.75. The Hall–Kier alpha value is 0.400. The average Bonchev–Trinajstić information content (AvgIpc) is 2.64. The van der Waals surface area contributed by atoms with E-state index in [2.05, 4.69) is 27.8 Å². The van der Waals surface area contributed by atoms with Gasteiger partial charge in [-0.3, -0.25) is 0 Å². The van der Waals surface area contributed by atoms with Crippen molar-refractivity contribution in [2.45, 2.75) is 44.8 Å². The number of rotatable bonds is 3. The Morgan fingerprint density at radius 2 is 2.20 bits per heavy atom. The topological polar surface area (TPSA) is 12.5 Å². The molecule has 0 aromatic heterocycles. The lowest BCUT2D eigenvalue weighted by atomic mass is 10.00. The Kier molecular flexibility index (Phi) is 4.47. The summed E-state index contributed by atoms with van der Waals surface area (Å²) in [6, 6.07) is 0. The predicted octanol–water partition coefficient (Wildman–Crippen LogP) is 2.66. The van der Waals surface area contributed by atoms with Crippen molar-refractivity contribution in [3.63, 3.8) is 0 Å². The van der Waals surface area contributed by atoms with E-state index in [1.54, 1.807) is 0 Å². The molecule has 2 heterocycles. The Labute approximate surface area is 101 Å². The van der Waals surface area contributed by atoms with Gasteiger partial charge in [-0.25, -0.2) is 0 Å². The Morgan fingerprint density at radius 1 is 1.33 bits per heavy atom. The van der Waals surface area contributed by atoms with Crippen LogP contribution in [0, 0.1) is 5.92 Å². The van der Waals surface area contributed by atoms with E-state index in [1.807, 2.05) is 0 Å². The molecule has 0 aromatic carbocycles. The summed E-state index contributed by atoms with van der Waals surface area (Å²) in [5.41, 5.74) is 0. The van der Waals surface area contributed by atoms with Gasteiger partial charge in [0.15, 0.2) is 0 Å². The first-order chi connectivity index (χ1) is 7.28. The third-order valence-electron chi connectivity index (χ3n) is 3.60. The lowest BCUT2D eigenvalue weighted by molar-refractivity contribution is 0.0233. The van der Waals surface area contributed by atoms with Gasteiger partial charge >= 0.3 is 0 Å². The second kappa shape index (κ2) is 5.65. The first-order valence-electron chi connectivity index (χ1n) is 6.21. The molecule has 15 heavy (non-hydrogen) atoms. The van der Waals surface area contributed by atoms with Crippen LogP contribution in [0.15, 0.2) is 0 Å². The van der Waals surface area contributed by atoms with Crippen LogP contribution in [-0.4, -0.2) is 42.1 Å². The van der Waals surface area contributed by atoms with Crippen molar-refractivity contribution in [2.75, 3.05) is 25.0 Å². The molecule has 0 aliphatic carbocycles. The highest BCUT2D eigenvalue weighted by atomic mass is 79.9. The van der Waals surface area contributed by atoms with Crippen LogP contribution in [0.1, 0.15) is 32.6 Å². The van der Waals surface area contributed by atoms with Gasteiger partial charge < -0.3 is 9.64 Å². The molecule has 3 unspecified atom stereocenters. The number of alkyl halides is 1. The molecule has 0 radical (unpaired) electrons. The number of ether oxygens (including phenoxy) is 1. The Bertz CT molecular complexity index is 200. The van der Waals surface area contributed by atoms with Gasteiger partial charge in [-0.15, -0.1) is 0 Å². The summed E-state index contributed by atoms with van der Waals surface area (Å²) in [5.74, 6) is 0.859. The largest absolute Gasteiger partial charge is 0.374 e. The third-order valence-corrected chi connectivity index (χ3v) is 4.52. The number of halogens is 1. The highest BCUT2D eigenvalue weighted by Gasteiger charge is 2.26. The number of likely N-dealkylation sites (tertiary alicyclic amines) is 1. The minimum absolute atomic E-state index is 0.492. The maximum atomic E-state index is 5.88. The van der Waals surface area contributed by atoms with E-state index in [0.717, 1.165) is 17.8 Å². The zero-order valence-corrected chi connectivity index (χ0v) is 11.2. The van der Waals surface area contributed by atoms with Crippen LogP contribution in [0.2, 0.25) is 0 Å². The highest BCUT2D eigenvalue weighted by Crippen LogP contribution is 2.23. The standard InChI is InChI=1S/C12H22BrNO/c1-10-4-5-12(15-10)9-14-6-2-3-11(7-13)8-14/h10-12H,2-9H2,1H3. The van der Waals surface area contributed by atoms with Crippen molar-refractivity contribution in [3.8, 4) is 0 Å². The third kappa shape index (κ3) is 3.43. The molecule has 2 nitrogen and oxygen atoms in total. The van der Waals surface area contributed by atoms with E-state index in [1.165, 1.54) is 38.8 Å². The first kappa shape index (κ1) is 11.9.